The van der Waals surface area contributed by atoms with E-state index in [1.54, 1.807) is 4.68 Å². The average molecular weight is 225 g/mol. The average Bonchev–Trinajstić information content (AvgIpc) is 2.80. The molecule has 0 N–H and O–H groups in total. The smallest absolute Gasteiger partial charge is 0.221 e. The standard InChI is InChI=1S/C11H21N4O/c1-2-3-6-9-16-10-7-4-5-8-15-11-12-13-14-15/h2-10H2,1H3. The summed E-state index contributed by atoms with van der Waals surface area (Å²) in [5.74, 6) is 0. The lowest BCUT2D eigenvalue weighted by Gasteiger charge is -2.03. The number of nitrogens with zero attached hydrogens (tertiary/aromatic N) is 4. The third-order valence-electron chi connectivity index (χ3n) is 2.40. The minimum atomic E-state index is 0.850. The van der Waals surface area contributed by atoms with Crippen LogP contribution in [0.1, 0.15) is 45.4 Å². The molecule has 0 saturated heterocycles. The van der Waals surface area contributed by atoms with Crippen LogP contribution >= 0.6 is 0 Å². The van der Waals surface area contributed by atoms with Gasteiger partial charge in [-0.25, -0.2) is 4.68 Å². The van der Waals surface area contributed by atoms with Crippen LogP contribution in [-0.2, 0) is 11.3 Å². The molecular weight excluding hydrogens is 204 g/mol. The minimum absolute atomic E-state index is 0.850. The Bertz CT molecular complexity index is 238. The van der Waals surface area contributed by atoms with Crippen LogP contribution in [0, 0.1) is 6.33 Å². The van der Waals surface area contributed by atoms with E-state index in [-0.39, 0.29) is 0 Å². The summed E-state index contributed by atoms with van der Waals surface area (Å²) < 4.78 is 7.16. The Kier molecular flexibility index (Phi) is 7.59. The van der Waals surface area contributed by atoms with E-state index in [1.807, 2.05) is 0 Å². The van der Waals surface area contributed by atoms with E-state index in [0.29, 0.717) is 0 Å². The maximum absolute atomic E-state index is 5.52. The number of rotatable bonds is 10. The topological polar surface area (TPSA) is 52.8 Å². The number of tetrazole rings is 1. The summed E-state index contributed by atoms with van der Waals surface area (Å²) in [7, 11) is 0. The van der Waals surface area contributed by atoms with Crippen molar-refractivity contribution in [1.29, 1.82) is 0 Å². The number of aryl methyl sites for hydroxylation is 1. The van der Waals surface area contributed by atoms with Crippen molar-refractivity contribution in [2.75, 3.05) is 13.2 Å². The summed E-state index contributed by atoms with van der Waals surface area (Å²) in [6.45, 7) is 4.84. The number of ether oxygens (including phenoxy) is 1. The summed E-state index contributed by atoms with van der Waals surface area (Å²) >= 11 is 0. The predicted octanol–water partition coefficient (Wildman–Crippen LogP) is 1.85. The van der Waals surface area contributed by atoms with Gasteiger partial charge in [-0.2, -0.15) is 0 Å². The summed E-state index contributed by atoms with van der Waals surface area (Å²) in [5, 5.41) is 10.7. The fraction of sp³-hybridized carbons (Fsp3) is 0.909. The molecule has 0 saturated carbocycles. The highest BCUT2D eigenvalue weighted by atomic mass is 16.5. The summed E-state index contributed by atoms with van der Waals surface area (Å²) in [6.07, 6.45) is 9.75. The lowest BCUT2D eigenvalue weighted by molar-refractivity contribution is 0.126. The molecule has 16 heavy (non-hydrogen) atoms. The van der Waals surface area contributed by atoms with Gasteiger partial charge in [0.1, 0.15) is 0 Å². The fourth-order valence-electron chi connectivity index (χ4n) is 1.45. The largest absolute Gasteiger partial charge is 0.381 e. The van der Waals surface area contributed by atoms with Crippen LogP contribution < -0.4 is 0 Å². The SMILES string of the molecule is CCCCCOCCCCCn1[c]nnn1. The van der Waals surface area contributed by atoms with Crippen LogP contribution in [0.3, 0.4) is 0 Å². The van der Waals surface area contributed by atoms with Gasteiger partial charge in [0, 0.05) is 19.8 Å². The molecule has 1 rings (SSSR count). The van der Waals surface area contributed by atoms with Crippen molar-refractivity contribution in [3.8, 4) is 0 Å². The van der Waals surface area contributed by atoms with Crippen LogP contribution in [0.15, 0.2) is 0 Å². The van der Waals surface area contributed by atoms with E-state index < -0.39 is 0 Å². The molecule has 91 valence electrons. The van der Waals surface area contributed by atoms with Crippen molar-refractivity contribution in [3.63, 3.8) is 0 Å². The second kappa shape index (κ2) is 9.27. The van der Waals surface area contributed by atoms with Crippen molar-refractivity contribution in [2.45, 2.75) is 52.0 Å². The van der Waals surface area contributed by atoms with Crippen LogP contribution in [0.25, 0.3) is 0 Å². The first-order valence-electron chi connectivity index (χ1n) is 6.15. The molecule has 0 spiro atoms. The van der Waals surface area contributed by atoms with Crippen LogP contribution in [0.2, 0.25) is 0 Å². The highest BCUT2D eigenvalue weighted by Crippen LogP contribution is 1.99. The molecule has 0 fully saturated rings. The van der Waals surface area contributed by atoms with Gasteiger partial charge in [0.15, 0.2) is 0 Å². The normalized spacial score (nSPS) is 10.8. The Hall–Kier alpha value is -0.970. The molecular formula is C11H21N4O. The van der Waals surface area contributed by atoms with Gasteiger partial charge in [0.05, 0.1) is 0 Å². The molecule has 0 atom stereocenters. The predicted molar refractivity (Wildman–Crippen MR) is 60.8 cm³/mol. The Morgan fingerprint density at radius 3 is 2.56 bits per heavy atom. The quantitative estimate of drug-likeness (QED) is 0.570. The summed E-state index contributed by atoms with van der Waals surface area (Å²) in [5.41, 5.74) is 0. The van der Waals surface area contributed by atoms with E-state index in [9.17, 15) is 0 Å². The van der Waals surface area contributed by atoms with Gasteiger partial charge in [-0.3, -0.25) is 0 Å². The van der Waals surface area contributed by atoms with Crippen molar-refractivity contribution in [1.82, 2.24) is 20.2 Å². The second-order valence-electron chi connectivity index (χ2n) is 3.88. The Morgan fingerprint density at radius 1 is 1.06 bits per heavy atom. The zero-order valence-electron chi connectivity index (χ0n) is 10.1. The van der Waals surface area contributed by atoms with Crippen LogP contribution in [0.4, 0.5) is 0 Å². The molecule has 0 aromatic carbocycles. The minimum Gasteiger partial charge on any atom is -0.381 e. The highest BCUT2D eigenvalue weighted by Gasteiger charge is 1.94. The number of hydrogen-bond acceptors (Lipinski definition) is 4. The second-order valence-corrected chi connectivity index (χ2v) is 3.88. The van der Waals surface area contributed by atoms with E-state index in [2.05, 4.69) is 28.8 Å². The highest BCUT2D eigenvalue weighted by molar-refractivity contribution is 4.46. The first-order valence-corrected chi connectivity index (χ1v) is 6.15. The fourth-order valence-corrected chi connectivity index (χ4v) is 1.45. The van der Waals surface area contributed by atoms with Crippen molar-refractivity contribution in [2.24, 2.45) is 0 Å². The van der Waals surface area contributed by atoms with Gasteiger partial charge >= 0.3 is 0 Å². The number of unbranched alkanes of at least 4 members (excludes halogenated alkanes) is 4. The van der Waals surface area contributed by atoms with Crippen molar-refractivity contribution in [3.05, 3.63) is 6.33 Å². The third-order valence-corrected chi connectivity index (χ3v) is 2.40. The maximum Gasteiger partial charge on any atom is 0.221 e. The molecule has 0 bridgehead atoms. The van der Waals surface area contributed by atoms with E-state index in [4.69, 9.17) is 4.74 Å². The molecule has 1 radical (unpaired) electrons. The van der Waals surface area contributed by atoms with Gasteiger partial charge in [-0.05, 0) is 36.1 Å². The number of aromatic nitrogens is 4. The zero-order chi connectivity index (χ0) is 11.5. The number of hydrogen-bond donors (Lipinski definition) is 0. The molecule has 5 heteroatoms. The molecule has 1 heterocycles. The zero-order valence-corrected chi connectivity index (χ0v) is 10.1. The van der Waals surface area contributed by atoms with E-state index >= 15 is 0 Å². The van der Waals surface area contributed by atoms with Crippen LogP contribution in [0.5, 0.6) is 0 Å². The third kappa shape index (κ3) is 6.50. The van der Waals surface area contributed by atoms with Gasteiger partial charge in [0.2, 0.25) is 6.33 Å². The molecule has 0 unspecified atom stereocenters. The van der Waals surface area contributed by atoms with E-state index in [1.165, 1.54) is 19.3 Å². The van der Waals surface area contributed by atoms with Crippen LogP contribution in [-0.4, -0.2) is 33.4 Å². The van der Waals surface area contributed by atoms with Crippen molar-refractivity contribution >= 4 is 0 Å². The van der Waals surface area contributed by atoms with Gasteiger partial charge in [-0.15, -0.1) is 5.10 Å². The summed E-state index contributed by atoms with van der Waals surface area (Å²) in [6, 6.07) is 0. The molecule has 0 amide bonds. The Morgan fingerprint density at radius 2 is 1.88 bits per heavy atom. The van der Waals surface area contributed by atoms with E-state index in [0.717, 1.165) is 39.0 Å². The van der Waals surface area contributed by atoms with Gasteiger partial charge in [-0.1, -0.05) is 19.8 Å². The molecule has 1 aromatic heterocycles. The Balaban J connectivity index is 1.78. The molecule has 1 aromatic rings. The lowest BCUT2D eigenvalue weighted by atomic mass is 10.2. The first-order chi connectivity index (χ1) is 7.93. The monoisotopic (exact) mass is 225 g/mol. The molecule has 0 aliphatic carbocycles. The molecule has 0 aliphatic rings. The first kappa shape index (κ1) is 13.1. The molecule has 5 nitrogen and oxygen atoms in total. The van der Waals surface area contributed by atoms with Gasteiger partial charge < -0.3 is 4.74 Å². The Labute approximate surface area is 97.2 Å². The molecule has 0 aliphatic heterocycles. The maximum atomic E-state index is 5.52. The van der Waals surface area contributed by atoms with Crippen molar-refractivity contribution < 1.29 is 4.74 Å². The lowest BCUT2D eigenvalue weighted by Crippen LogP contribution is -2.01. The summed E-state index contributed by atoms with van der Waals surface area (Å²) in [4.78, 5) is 0. The van der Waals surface area contributed by atoms with Gasteiger partial charge in [0.25, 0.3) is 0 Å².